The van der Waals surface area contributed by atoms with Crippen LogP contribution >= 0.6 is 0 Å². The second-order valence-electron chi connectivity index (χ2n) is 5.75. The second-order valence-corrected chi connectivity index (χ2v) is 5.75. The molecular weight excluding hydrogens is 271 g/mol. The fourth-order valence-corrected chi connectivity index (χ4v) is 2.35. The van der Waals surface area contributed by atoms with Gasteiger partial charge in [-0.1, -0.05) is 13.8 Å². The Morgan fingerprint density at radius 3 is 2.35 bits per heavy atom. The molecule has 0 aliphatic heterocycles. The molecule has 1 rings (SSSR count). The summed E-state index contributed by atoms with van der Waals surface area (Å²) in [5.41, 5.74) is -1.45. The molecular formula is C13H22F3N3O. The van der Waals surface area contributed by atoms with Crippen molar-refractivity contribution in [3.63, 3.8) is 0 Å². The minimum Gasteiger partial charge on any atom is -0.394 e. The number of halogens is 3. The molecule has 0 fully saturated rings. The van der Waals surface area contributed by atoms with Crippen LogP contribution in [-0.2, 0) is 6.18 Å². The summed E-state index contributed by atoms with van der Waals surface area (Å²) >= 11 is 0. The molecule has 0 saturated carbocycles. The van der Waals surface area contributed by atoms with E-state index < -0.39 is 17.4 Å². The molecule has 0 radical (unpaired) electrons. The highest BCUT2D eigenvalue weighted by Crippen LogP contribution is 2.29. The third kappa shape index (κ3) is 4.49. The number of hydrogen-bond donors (Lipinski definition) is 2. The summed E-state index contributed by atoms with van der Waals surface area (Å²) in [6.45, 7) is 7.44. The SMILES string of the molecule is CC(C)NC(C)(CO)CC(C)n1ccc(C(F)(F)F)n1. The quantitative estimate of drug-likeness (QED) is 0.847. The van der Waals surface area contributed by atoms with E-state index in [2.05, 4.69) is 10.4 Å². The van der Waals surface area contributed by atoms with E-state index in [4.69, 9.17) is 0 Å². The highest BCUT2D eigenvalue weighted by atomic mass is 19.4. The smallest absolute Gasteiger partial charge is 0.394 e. The Bertz CT molecular complexity index is 431. The average molecular weight is 293 g/mol. The van der Waals surface area contributed by atoms with Crippen LogP contribution in [0, 0.1) is 0 Å². The first kappa shape index (κ1) is 17.0. The van der Waals surface area contributed by atoms with Crippen LogP contribution in [0.25, 0.3) is 0 Å². The lowest BCUT2D eigenvalue weighted by Gasteiger charge is -2.33. The molecule has 0 aromatic carbocycles. The van der Waals surface area contributed by atoms with E-state index >= 15 is 0 Å². The first-order valence-electron chi connectivity index (χ1n) is 6.58. The highest BCUT2D eigenvalue weighted by molar-refractivity contribution is 5.04. The van der Waals surface area contributed by atoms with Crippen LogP contribution in [-0.4, -0.2) is 33.1 Å². The number of aromatic nitrogens is 2. The predicted octanol–water partition coefficient (Wildman–Crippen LogP) is 2.60. The third-order valence-corrected chi connectivity index (χ3v) is 3.08. The molecule has 2 atom stereocenters. The number of aliphatic hydroxyl groups excluding tert-OH is 1. The summed E-state index contributed by atoms with van der Waals surface area (Å²) in [5, 5.41) is 16.3. The number of hydrogen-bond acceptors (Lipinski definition) is 3. The Morgan fingerprint density at radius 2 is 1.95 bits per heavy atom. The highest BCUT2D eigenvalue weighted by Gasteiger charge is 2.34. The molecule has 20 heavy (non-hydrogen) atoms. The van der Waals surface area contributed by atoms with Crippen molar-refractivity contribution in [2.45, 2.75) is 57.9 Å². The fraction of sp³-hybridized carbons (Fsp3) is 0.769. The summed E-state index contributed by atoms with van der Waals surface area (Å²) in [6, 6.07) is 0.875. The maximum absolute atomic E-state index is 12.5. The zero-order chi connectivity index (χ0) is 15.6. The topological polar surface area (TPSA) is 50.1 Å². The Hall–Kier alpha value is -1.08. The van der Waals surface area contributed by atoms with Crippen LogP contribution < -0.4 is 5.32 Å². The molecule has 1 aromatic rings. The van der Waals surface area contributed by atoms with Gasteiger partial charge in [-0.2, -0.15) is 18.3 Å². The number of nitrogens with zero attached hydrogens (tertiary/aromatic N) is 2. The maximum atomic E-state index is 12.5. The summed E-state index contributed by atoms with van der Waals surface area (Å²) in [5.74, 6) is 0. The van der Waals surface area contributed by atoms with Gasteiger partial charge in [0, 0.05) is 17.8 Å². The van der Waals surface area contributed by atoms with Crippen LogP contribution in [0.3, 0.4) is 0 Å². The summed E-state index contributed by atoms with van der Waals surface area (Å²) in [4.78, 5) is 0. The molecule has 0 aliphatic rings. The van der Waals surface area contributed by atoms with Crippen molar-refractivity contribution in [2.75, 3.05) is 6.61 Å². The lowest BCUT2D eigenvalue weighted by molar-refractivity contribution is -0.141. The summed E-state index contributed by atoms with van der Waals surface area (Å²) < 4.78 is 38.8. The van der Waals surface area contributed by atoms with E-state index in [1.807, 2.05) is 20.8 Å². The van der Waals surface area contributed by atoms with Gasteiger partial charge in [0.1, 0.15) is 0 Å². The maximum Gasteiger partial charge on any atom is 0.435 e. The van der Waals surface area contributed by atoms with Gasteiger partial charge in [-0.05, 0) is 26.3 Å². The van der Waals surface area contributed by atoms with E-state index in [1.54, 1.807) is 6.92 Å². The van der Waals surface area contributed by atoms with Gasteiger partial charge in [0.15, 0.2) is 5.69 Å². The lowest BCUT2D eigenvalue weighted by atomic mass is 9.93. The van der Waals surface area contributed by atoms with Crippen molar-refractivity contribution in [3.05, 3.63) is 18.0 Å². The van der Waals surface area contributed by atoms with E-state index in [-0.39, 0.29) is 18.7 Å². The van der Waals surface area contributed by atoms with E-state index in [1.165, 1.54) is 10.9 Å². The van der Waals surface area contributed by atoms with Gasteiger partial charge >= 0.3 is 6.18 Å². The molecule has 1 heterocycles. The van der Waals surface area contributed by atoms with Gasteiger partial charge in [0.05, 0.1) is 12.6 Å². The Labute approximate surface area is 117 Å². The van der Waals surface area contributed by atoms with Crippen molar-refractivity contribution in [3.8, 4) is 0 Å². The monoisotopic (exact) mass is 293 g/mol. The Balaban J connectivity index is 2.79. The largest absolute Gasteiger partial charge is 0.435 e. The third-order valence-electron chi connectivity index (χ3n) is 3.08. The summed E-state index contributed by atoms with van der Waals surface area (Å²) in [7, 11) is 0. The number of rotatable bonds is 6. The number of aliphatic hydroxyl groups is 1. The van der Waals surface area contributed by atoms with Crippen molar-refractivity contribution < 1.29 is 18.3 Å². The first-order valence-corrected chi connectivity index (χ1v) is 6.58. The molecule has 0 saturated heterocycles. The lowest BCUT2D eigenvalue weighted by Crippen LogP contribution is -2.50. The standard InChI is InChI=1S/C13H22F3N3O/c1-9(2)17-12(4,8-20)7-10(3)19-6-5-11(18-19)13(14,15)16/h5-6,9-10,17,20H,7-8H2,1-4H3. The Kier molecular flexibility index (Phi) is 5.21. The normalized spacial score (nSPS) is 17.2. The average Bonchev–Trinajstić information content (AvgIpc) is 2.76. The van der Waals surface area contributed by atoms with Crippen molar-refractivity contribution >= 4 is 0 Å². The fourth-order valence-electron chi connectivity index (χ4n) is 2.35. The van der Waals surface area contributed by atoms with Crippen LogP contribution in [0.15, 0.2) is 12.3 Å². The first-order chi connectivity index (χ1) is 9.07. The van der Waals surface area contributed by atoms with E-state index in [0.29, 0.717) is 6.42 Å². The molecule has 0 aliphatic carbocycles. The zero-order valence-corrected chi connectivity index (χ0v) is 12.2. The molecule has 0 bridgehead atoms. The van der Waals surface area contributed by atoms with Gasteiger partial charge in [-0.3, -0.25) is 4.68 Å². The van der Waals surface area contributed by atoms with Gasteiger partial charge < -0.3 is 10.4 Å². The van der Waals surface area contributed by atoms with Crippen LogP contribution in [0.2, 0.25) is 0 Å². The van der Waals surface area contributed by atoms with Gasteiger partial charge in [-0.15, -0.1) is 0 Å². The second kappa shape index (κ2) is 6.13. The van der Waals surface area contributed by atoms with E-state index in [0.717, 1.165) is 6.07 Å². The van der Waals surface area contributed by atoms with Crippen molar-refractivity contribution in [1.29, 1.82) is 0 Å². The van der Waals surface area contributed by atoms with Gasteiger partial charge in [0.2, 0.25) is 0 Å². The minimum atomic E-state index is -4.43. The van der Waals surface area contributed by atoms with Crippen LogP contribution in [0.4, 0.5) is 13.2 Å². The Morgan fingerprint density at radius 1 is 1.35 bits per heavy atom. The van der Waals surface area contributed by atoms with E-state index in [9.17, 15) is 18.3 Å². The van der Waals surface area contributed by atoms with Crippen molar-refractivity contribution in [1.82, 2.24) is 15.1 Å². The number of alkyl halides is 3. The molecule has 0 spiro atoms. The minimum absolute atomic E-state index is 0.0943. The van der Waals surface area contributed by atoms with Crippen molar-refractivity contribution in [2.24, 2.45) is 0 Å². The zero-order valence-electron chi connectivity index (χ0n) is 12.2. The van der Waals surface area contributed by atoms with Crippen LogP contribution in [0.1, 0.15) is 45.9 Å². The van der Waals surface area contributed by atoms with Crippen LogP contribution in [0.5, 0.6) is 0 Å². The molecule has 0 amide bonds. The number of nitrogens with one attached hydrogen (secondary N) is 1. The van der Waals surface area contributed by atoms with Gasteiger partial charge in [-0.25, -0.2) is 0 Å². The molecule has 116 valence electrons. The molecule has 2 N–H and O–H groups in total. The molecule has 7 heteroatoms. The molecule has 2 unspecified atom stereocenters. The summed E-state index contributed by atoms with van der Waals surface area (Å²) in [6.07, 6.45) is -2.64. The van der Waals surface area contributed by atoms with Gasteiger partial charge in [0.25, 0.3) is 0 Å². The molecule has 4 nitrogen and oxygen atoms in total. The predicted molar refractivity (Wildman–Crippen MR) is 70.3 cm³/mol. The molecule has 1 aromatic heterocycles.